The van der Waals surface area contributed by atoms with Crippen molar-refractivity contribution in [3.8, 4) is 11.5 Å². The topological polar surface area (TPSA) is 122 Å². The van der Waals surface area contributed by atoms with Gasteiger partial charge in [-0.05, 0) is 12.1 Å². The zero-order valence-corrected chi connectivity index (χ0v) is 12.5. The van der Waals surface area contributed by atoms with Gasteiger partial charge in [0.25, 0.3) is 0 Å². The zero-order valence-electron chi connectivity index (χ0n) is 11.6. The number of hydrogen-bond acceptors (Lipinski definition) is 7. The fourth-order valence-corrected chi connectivity index (χ4v) is 2.07. The highest BCUT2D eigenvalue weighted by Crippen LogP contribution is 2.26. The third-order valence-electron chi connectivity index (χ3n) is 2.22. The summed E-state index contributed by atoms with van der Waals surface area (Å²) < 4.78 is 4.92. The number of carboxylic acids is 2. The SMILES string of the molecule is CC(=O)Oc1ccccc1ON[C@@H](CSCC(=O)O)C(=O)O. The average Bonchev–Trinajstić information content (AvgIpc) is 2.42. The molecule has 0 heterocycles. The van der Waals surface area contributed by atoms with Gasteiger partial charge >= 0.3 is 17.9 Å². The van der Waals surface area contributed by atoms with Gasteiger partial charge in [-0.3, -0.25) is 14.4 Å². The summed E-state index contributed by atoms with van der Waals surface area (Å²) >= 11 is 0.940. The van der Waals surface area contributed by atoms with Crippen LogP contribution in [0.1, 0.15) is 6.92 Å². The number of hydrogen-bond donors (Lipinski definition) is 3. The van der Waals surface area contributed by atoms with Gasteiger partial charge in [0.2, 0.25) is 0 Å². The zero-order chi connectivity index (χ0) is 16.5. The van der Waals surface area contributed by atoms with Crippen LogP contribution in [0, 0.1) is 0 Å². The van der Waals surface area contributed by atoms with Crippen LogP contribution in [0.4, 0.5) is 0 Å². The van der Waals surface area contributed by atoms with E-state index in [1.807, 2.05) is 0 Å². The minimum absolute atomic E-state index is 0.00261. The number of benzene rings is 1. The highest BCUT2D eigenvalue weighted by Gasteiger charge is 2.19. The summed E-state index contributed by atoms with van der Waals surface area (Å²) in [6, 6.07) is 5.12. The number of carbonyl (C=O) groups excluding carboxylic acids is 1. The molecule has 0 aromatic heterocycles. The second kappa shape index (κ2) is 8.90. The van der Waals surface area contributed by atoms with Gasteiger partial charge in [0.05, 0.1) is 5.75 Å². The first-order valence-corrected chi connectivity index (χ1v) is 7.27. The van der Waals surface area contributed by atoms with Crippen LogP contribution in [-0.4, -0.2) is 45.7 Å². The van der Waals surface area contributed by atoms with Crippen LogP contribution in [0.2, 0.25) is 0 Å². The molecule has 22 heavy (non-hydrogen) atoms. The molecule has 3 N–H and O–H groups in total. The number of thioether (sulfide) groups is 1. The molecule has 0 radical (unpaired) electrons. The molecule has 0 saturated heterocycles. The molecule has 1 aromatic carbocycles. The van der Waals surface area contributed by atoms with Crippen molar-refractivity contribution in [3.63, 3.8) is 0 Å². The number of carbonyl (C=O) groups is 3. The highest BCUT2D eigenvalue weighted by molar-refractivity contribution is 8.00. The smallest absolute Gasteiger partial charge is 0.324 e. The van der Waals surface area contributed by atoms with Crippen molar-refractivity contribution >= 4 is 29.7 Å². The maximum atomic E-state index is 11.1. The number of hydroxylamine groups is 1. The molecular weight excluding hydrogens is 314 g/mol. The summed E-state index contributed by atoms with van der Waals surface area (Å²) in [5.41, 5.74) is 2.32. The number of nitrogens with one attached hydrogen (secondary N) is 1. The first kappa shape index (κ1) is 17.8. The van der Waals surface area contributed by atoms with Crippen molar-refractivity contribution in [1.82, 2.24) is 5.48 Å². The first-order valence-electron chi connectivity index (χ1n) is 6.12. The van der Waals surface area contributed by atoms with Crippen molar-refractivity contribution in [3.05, 3.63) is 24.3 Å². The second-order valence-corrected chi connectivity index (χ2v) is 5.09. The van der Waals surface area contributed by atoms with Gasteiger partial charge in [-0.15, -0.1) is 17.2 Å². The molecule has 0 aliphatic heterocycles. The highest BCUT2D eigenvalue weighted by atomic mass is 32.2. The van der Waals surface area contributed by atoms with Gasteiger partial charge in [0.1, 0.15) is 6.04 Å². The molecule has 0 aliphatic carbocycles. The summed E-state index contributed by atoms with van der Waals surface area (Å²) in [4.78, 5) is 37.6. The molecular formula is C13H15NO7S. The number of ether oxygens (including phenoxy) is 1. The van der Waals surface area contributed by atoms with Crippen LogP contribution in [0.5, 0.6) is 11.5 Å². The maximum absolute atomic E-state index is 11.1. The summed E-state index contributed by atoms with van der Waals surface area (Å²) in [6.45, 7) is 1.23. The monoisotopic (exact) mass is 329 g/mol. The molecule has 0 unspecified atom stereocenters. The molecule has 1 aromatic rings. The van der Waals surface area contributed by atoms with Crippen molar-refractivity contribution < 1.29 is 34.2 Å². The largest absolute Gasteiger partial charge is 0.481 e. The summed E-state index contributed by atoms with van der Waals surface area (Å²) in [5.74, 6) is -2.69. The average molecular weight is 329 g/mol. The van der Waals surface area contributed by atoms with Gasteiger partial charge in [-0.25, -0.2) is 0 Å². The van der Waals surface area contributed by atoms with Gasteiger partial charge in [-0.1, -0.05) is 12.1 Å². The number of aliphatic carboxylic acids is 2. The normalized spacial score (nSPS) is 11.5. The van der Waals surface area contributed by atoms with E-state index in [-0.39, 0.29) is 23.0 Å². The Kier molecular flexibility index (Phi) is 7.20. The van der Waals surface area contributed by atoms with Gasteiger partial charge in [0.15, 0.2) is 11.5 Å². The summed E-state index contributed by atoms with van der Waals surface area (Å²) in [5, 5.41) is 17.6. The number of rotatable bonds is 9. The molecule has 0 bridgehead atoms. The predicted molar refractivity (Wildman–Crippen MR) is 77.9 cm³/mol. The Bertz CT molecular complexity index is 549. The van der Waals surface area contributed by atoms with E-state index in [9.17, 15) is 14.4 Å². The predicted octanol–water partition coefficient (Wildman–Crippen LogP) is 0.766. The lowest BCUT2D eigenvalue weighted by atomic mass is 10.3. The van der Waals surface area contributed by atoms with E-state index in [1.165, 1.54) is 19.1 Å². The fourth-order valence-electron chi connectivity index (χ4n) is 1.33. The van der Waals surface area contributed by atoms with Crippen LogP contribution in [-0.2, 0) is 14.4 Å². The molecule has 9 heteroatoms. The Labute approximate surface area is 130 Å². The van der Waals surface area contributed by atoms with E-state index in [0.29, 0.717) is 0 Å². The second-order valence-electron chi connectivity index (χ2n) is 4.06. The lowest BCUT2D eigenvalue weighted by molar-refractivity contribution is -0.141. The van der Waals surface area contributed by atoms with Gasteiger partial charge < -0.3 is 19.8 Å². The molecule has 0 spiro atoms. The third kappa shape index (κ3) is 6.46. The molecule has 0 aliphatic rings. The van der Waals surface area contributed by atoms with E-state index < -0.39 is 23.9 Å². The quantitative estimate of drug-likeness (QED) is 0.342. The van der Waals surface area contributed by atoms with E-state index in [1.54, 1.807) is 12.1 Å². The van der Waals surface area contributed by atoms with Crippen molar-refractivity contribution in [1.29, 1.82) is 0 Å². The minimum atomic E-state index is -1.19. The first-order chi connectivity index (χ1) is 10.4. The van der Waals surface area contributed by atoms with Crippen LogP contribution in [0.15, 0.2) is 24.3 Å². The molecule has 120 valence electrons. The Morgan fingerprint density at radius 2 is 1.86 bits per heavy atom. The number of para-hydroxylation sites is 2. The number of esters is 1. The van der Waals surface area contributed by atoms with E-state index in [2.05, 4.69) is 5.48 Å². The Morgan fingerprint density at radius 3 is 2.41 bits per heavy atom. The van der Waals surface area contributed by atoms with E-state index in [4.69, 9.17) is 19.8 Å². The Morgan fingerprint density at radius 1 is 1.23 bits per heavy atom. The molecule has 8 nitrogen and oxygen atoms in total. The van der Waals surface area contributed by atoms with Crippen LogP contribution >= 0.6 is 11.8 Å². The lowest BCUT2D eigenvalue weighted by Gasteiger charge is -2.15. The third-order valence-corrected chi connectivity index (χ3v) is 3.24. The van der Waals surface area contributed by atoms with Crippen molar-refractivity contribution in [2.75, 3.05) is 11.5 Å². The van der Waals surface area contributed by atoms with Gasteiger partial charge in [-0.2, -0.15) is 0 Å². The summed E-state index contributed by atoms with van der Waals surface area (Å²) in [6.07, 6.45) is 0. The number of carboxylic acid groups (broad SMARTS) is 2. The molecule has 0 saturated carbocycles. The molecule has 1 atom stereocenters. The maximum Gasteiger partial charge on any atom is 0.324 e. The molecule has 1 rings (SSSR count). The Hall–Kier alpha value is -2.26. The van der Waals surface area contributed by atoms with Crippen LogP contribution in [0.3, 0.4) is 0 Å². The standard InChI is InChI=1S/C13H15NO7S/c1-8(15)20-10-4-2-3-5-11(10)21-14-9(13(18)19)6-22-7-12(16)17/h2-5,9,14H,6-7H2,1H3,(H,16,17)(H,18,19)/t9-/m0/s1. The van der Waals surface area contributed by atoms with Gasteiger partial charge in [0, 0.05) is 12.7 Å². The van der Waals surface area contributed by atoms with Crippen LogP contribution in [0.25, 0.3) is 0 Å². The lowest BCUT2D eigenvalue weighted by Crippen LogP contribution is -2.41. The minimum Gasteiger partial charge on any atom is -0.481 e. The molecule has 0 amide bonds. The summed E-state index contributed by atoms with van der Waals surface area (Å²) in [7, 11) is 0. The molecule has 0 fully saturated rings. The van der Waals surface area contributed by atoms with E-state index >= 15 is 0 Å². The fraction of sp³-hybridized carbons (Fsp3) is 0.308. The van der Waals surface area contributed by atoms with Crippen molar-refractivity contribution in [2.24, 2.45) is 0 Å². The van der Waals surface area contributed by atoms with E-state index in [0.717, 1.165) is 11.8 Å². The van der Waals surface area contributed by atoms with Crippen molar-refractivity contribution in [2.45, 2.75) is 13.0 Å². The Balaban J connectivity index is 2.63. The van der Waals surface area contributed by atoms with Crippen LogP contribution < -0.4 is 15.1 Å².